The van der Waals surface area contributed by atoms with Crippen molar-refractivity contribution in [2.24, 2.45) is 0 Å². The predicted octanol–water partition coefficient (Wildman–Crippen LogP) is 3.33. The third-order valence-corrected chi connectivity index (χ3v) is 4.51. The molecule has 0 unspecified atom stereocenters. The first-order valence-electron chi connectivity index (χ1n) is 7.43. The lowest BCUT2D eigenvalue weighted by atomic mass is 10.1. The van der Waals surface area contributed by atoms with E-state index in [1.807, 2.05) is 36.4 Å². The van der Waals surface area contributed by atoms with E-state index in [1.165, 1.54) is 4.88 Å². The van der Waals surface area contributed by atoms with E-state index in [9.17, 15) is 5.11 Å². The number of quaternary nitrogens is 1. The first-order valence-corrected chi connectivity index (χ1v) is 8.31. The number of thiophene rings is 1. The lowest BCUT2D eigenvalue weighted by Gasteiger charge is -2.04. The van der Waals surface area contributed by atoms with Gasteiger partial charge in [0, 0.05) is 5.56 Å². The van der Waals surface area contributed by atoms with Gasteiger partial charge in [-0.1, -0.05) is 30.3 Å². The SMILES string of the molecule is C[C@@H](O)c1ccc(-c2ccc(C[NH2+]Cc3cccs3)o2)cc1. The third kappa shape index (κ3) is 3.65. The van der Waals surface area contributed by atoms with Crippen LogP contribution in [0.3, 0.4) is 0 Å². The summed E-state index contributed by atoms with van der Waals surface area (Å²) in [4.78, 5) is 1.38. The van der Waals surface area contributed by atoms with Crippen LogP contribution in [-0.4, -0.2) is 5.11 Å². The summed E-state index contributed by atoms with van der Waals surface area (Å²) in [6.45, 7) is 3.59. The summed E-state index contributed by atoms with van der Waals surface area (Å²) < 4.78 is 5.90. The molecule has 0 saturated carbocycles. The first-order chi connectivity index (χ1) is 10.7. The Bertz CT molecular complexity index is 699. The number of benzene rings is 1. The molecule has 0 aliphatic carbocycles. The Morgan fingerprint density at radius 3 is 2.59 bits per heavy atom. The van der Waals surface area contributed by atoms with Gasteiger partial charge in [-0.2, -0.15) is 0 Å². The molecular formula is C18H20NO2S+. The maximum absolute atomic E-state index is 9.54. The number of nitrogens with two attached hydrogens (primary N) is 1. The highest BCUT2D eigenvalue weighted by molar-refractivity contribution is 7.09. The molecule has 3 nitrogen and oxygen atoms in total. The average molecular weight is 314 g/mol. The molecule has 1 atom stereocenters. The highest BCUT2D eigenvalue weighted by atomic mass is 32.1. The molecule has 2 heterocycles. The maximum Gasteiger partial charge on any atom is 0.158 e. The minimum atomic E-state index is -0.437. The summed E-state index contributed by atoms with van der Waals surface area (Å²) in [6, 6.07) is 16.1. The van der Waals surface area contributed by atoms with E-state index in [2.05, 4.69) is 22.8 Å². The normalized spacial score (nSPS) is 12.5. The van der Waals surface area contributed by atoms with Crippen molar-refractivity contribution in [3.8, 4) is 11.3 Å². The summed E-state index contributed by atoms with van der Waals surface area (Å²) in [5.41, 5.74) is 1.95. The van der Waals surface area contributed by atoms with Crippen LogP contribution in [0.15, 0.2) is 58.3 Å². The van der Waals surface area contributed by atoms with Gasteiger partial charge in [-0.25, -0.2) is 0 Å². The van der Waals surface area contributed by atoms with Gasteiger partial charge in [-0.3, -0.25) is 0 Å². The van der Waals surface area contributed by atoms with Crippen LogP contribution in [0.5, 0.6) is 0 Å². The minimum absolute atomic E-state index is 0.437. The zero-order chi connectivity index (χ0) is 15.4. The Morgan fingerprint density at radius 2 is 1.91 bits per heavy atom. The first kappa shape index (κ1) is 15.0. The summed E-state index contributed by atoms with van der Waals surface area (Å²) in [5, 5.41) is 13.9. The standard InChI is InChI=1S/C18H19NO2S/c1-13(20)14-4-6-15(7-5-14)18-9-8-16(21-18)11-19-12-17-3-2-10-22-17/h2-10,13,19-20H,11-12H2,1H3/p+1/t13-/m1/s1. The molecule has 0 amide bonds. The molecule has 0 fully saturated rings. The van der Waals surface area contributed by atoms with Gasteiger partial charge in [0.2, 0.25) is 0 Å². The summed E-state index contributed by atoms with van der Waals surface area (Å²) in [7, 11) is 0. The Labute approximate surface area is 134 Å². The van der Waals surface area contributed by atoms with E-state index < -0.39 is 6.10 Å². The smallest absolute Gasteiger partial charge is 0.158 e. The van der Waals surface area contributed by atoms with Crippen LogP contribution in [0, 0.1) is 0 Å². The summed E-state index contributed by atoms with van der Waals surface area (Å²) in [5.74, 6) is 1.85. The van der Waals surface area contributed by atoms with Crippen LogP contribution < -0.4 is 5.32 Å². The van der Waals surface area contributed by atoms with Crippen molar-refractivity contribution in [1.29, 1.82) is 0 Å². The molecule has 2 aromatic heterocycles. The van der Waals surface area contributed by atoms with E-state index >= 15 is 0 Å². The van der Waals surface area contributed by atoms with Crippen molar-refractivity contribution in [2.75, 3.05) is 0 Å². The third-order valence-electron chi connectivity index (χ3n) is 3.61. The van der Waals surface area contributed by atoms with E-state index in [-0.39, 0.29) is 0 Å². The Morgan fingerprint density at radius 1 is 1.09 bits per heavy atom. The van der Waals surface area contributed by atoms with Crippen LogP contribution >= 0.6 is 11.3 Å². The van der Waals surface area contributed by atoms with Crippen LogP contribution in [0.4, 0.5) is 0 Å². The lowest BCUT2D eigenvalue weighted by Crippen LogP contribution is -2.80. The van der Waals surface area contributed by atoms with Crippen LogP contribution in [0.2, 0.25) is 0 Å². The minimum Gasteiger partial charge on any atom is -0.455 e. The van der Waals surface area contributed by atoms with Gasteiger partial charge in [0.25, 0.3) is 0 Å². The molecule has 3 N–H and O–H groups in total. The fourth-order valence-corrected chi connectivity index (χ4v) is 3.06. The van der Waals surface area contributed by atoms with Gasteiger partial charge in [0.1, 0.15) is 18.8 Å². The van der Waals surface area contributed by atoms with E-state index in [0.717, 1.165) is 35.7 Å². The largest absolute Gasteiger partial charge is 0.455 e. The number of hydrogen-bond acceptors (Lipinski definition) is 3. The molecule has 0 aliphatic rings. The van der Waals surface area contributed by atoms with Gasteiger partial charge < -0.3 is 14.8 Å². The number of aliphatic hydroxyl groups excluding tert-OH is 1. The molecule has 0 radical (unpaired) electrons. The van der Waals surface area contributed by atoms with Crippen LogP contribution in [-0.2, 0) is 13.1 Å². The van der Waals surface area contributed by atoms with E-state index in [1.54, 1.807) is 18.3 Å². The van der Waals surface area contributed by atoms with Crippen LogP contribution in [0.25, 0.3) is 11.3 Å². The number of hydrogen-bond donors (Lipinski definition) is 2. The van der Waals surface area contributed by atoms with Crippen LogP contribution in [0.1, 0.15) is 29.2 Å². The summed E-state index contributed by atoms with van der Waals surface area (Å²) in [6.07, 6.45) is -0.437. The monoisotopic (exact) mass is 314 g/mol. The highest BCUT2D eigenvalue weighted by Crippen LogP contribution is 2.23. The fraction of sp³-hybridized carbons (Fsp3) is 0.222. The average Bonchev–Trinajstić information content (AvgIpc) is 3.19. The lowest BCUT2D eigenvalue weighted by molar-refractivity contribution is -0.687. The second-order valence-electron chi connectivity index (χ2n) is 5.34. The summed E-state index contributed by atoms with van der Waals surface area (Å²) >= 11 is 1.78. The quantitative estimate of drug-likeness (QED) is 0.733. The van der Waals surface area contributed by atoms with Crippen molar-refractivity contribution >= 4 is 11.3 Å². The molecule has 3 aromatic rings. The second kappa shape index (κ2) is 6.92. The van der Waals surface area contributed by atoms with Crippen molar-refractivity contribution < 1.29 is 14.8 Å². The molecule has 22 heavy (non-hydrogen) atoms. The highest BCUT2D eigenvalue weighted by Gasteiger charge is 2.07. The molecule has 0 spiro atoms. The Balaban J connectivity index is 1.60. The molecular weight excluding hydrogens is 294 g/mol. The number of aliphatic hydroxyl groups is 1. The maximum atomic E-state index is 9.54. The van der Waals surface area contributed by atoms with Gasteiger partial charge in [0.15, 0.2) is 5.76 Å². The van der Waals surface area contributed by atoms with Crippen molar-refractivity contribution in [3.05, 3.63) is 70.1 Å². The van der Waals surface area contributed by atoms with Gasteiger partial charge in [-0.15, -0.1) is 11.3 Å². The number of furan rings is 1. The zero-order valence-electron chi connectivity index (χ0n) is 12.5. The fourth-order valence-electron chi connectivity index (χ4n) is 2.35. The second-order valence-corrected chi connectivity index (χ2v) is 6.37. The molecule has 0 aliphatic heterocycles. The molecule has 4 heteroatoms. The van der Waals surface area contributed by atoms with E-state index in [0.29, 0.717) is 0 Å². The number of rotatable bonds is 6. The van der Waals surface area contributed by atoms with Gasteiger partial charge >= 0.3 is 0 Å². The predicted molar refractivity (Wildman–Crippen MR) is 88.4 cm³/mol. The van der Waals surface area contributed by atoms with Gasteiger partial charge in [0.05, 0.1) is 11.0 Å². The molecule has 0 saturated heterocycles. The molecule has 0 bridgehead atoms. The molecule has 3 rings (SSSR count). The zero-order valence-corrected chi connectivity index (χ0v) is 13.3. The Kier molecular flexibility index (Phi) is 4.73. The Hall–Kier alpha value is -1.88. The van der Waals surface area contributed by atoms with Crippen molar-refractivity contribution in [1.82, 2.24) is 0 Å². The topological polar surface area (TPSA) is 50.0 Å². The van der Waals surface area contributed by atoms with Crippen molar-refractivity contribution in [3.63, 3.8) is 0 Å². The molecule has 1 aromatic carbocycles. The van der Waals surface area contributed by atoms with Gasteiger partial charge in [-0.05, 0) is 36.1 Å². The van der Waals surface area contributed by atoms with E-state index in [4.69, 9.17) is 4.42 Å². The van der Waals surface area contributed by atoms with Crippen molar-refractivity contribution in [2.45, 2.75) is 26.1 Å². The molecule has 114 valence electrons.